The Labute approximate surface area is 135 Å². The highest BCUT2D eigenvalue weighted by molar-refractivity contribution is 5.32. The molecule has 0 spiro atoms. The lowest BCUT2D eigenvalue weighted by Crippen LogP contribution is -2.48. The molecule has 22 heavy (non-hydrogen) atoms. The highest BCUT2D eigenvalue weighted by Gasteiger charge is 2.55. The van der Waals surface area contributed by atoms with Gasteiger partial charge in [0.15, 0.2) is 0 Å². The van der Waals surface area contributed by atoms with Crippen molar-refractivity contribution in [2.24, 2.45) is 28.6 Å². The van der Waals surface area contributed by atoms with E-state index < -0.39 is 0 Å². The van der Waals surface area contributed by atoms with E-state index >= 15 is 0 Å². The number of carboxylic acid groups (broad SMARTS) is 1. The minimum atomic E-state index is -0.250. The van der Waals surface area contributed by atoms with Crippen LogP contribution in [0.5, 0.6) is 0 Å². The number of hydrogen-bond acceptors (Lipinski definition) is 1. The third kappa shape index (κ3) is 2.43. The van der Waals surface area contributed by atoms with Crippen molar-refractivity contribution >= 4 is 6.47 Å². The quantitative estimate of drug-likeness (QED) is 0.478. The molecule has 0 unspecified atom stereocenters. The molecule has 1 N–H and O–H groups in total. The van der Waals surface area contributed by atoms with Crippen LogP contribution in [0.15, 0.2) is 11.6 Å². The summed E-state index contributed by atoms with van der Waals surface area (Å²) in [4.78, 5) is 8.36. The monoisotopic (exact) mass is 304 g/mol. The molecule has 4 aliphatic rings. The van der Waals surface area contributed by atoms with E-state index in [-0.39, 0.29) is 6.47 Å². The lowest BCUT2D eigenvalue weighted by Gasteiger charge is -2.57. The summed E-state index contributed by atoms with van der Waals surface area (Å²) in [5, 5.41) is 6.89. The number of hydrogen-bond donors (Lipinski definition) is 1. The van der Waals surface area contributed by atoms with E-state index in [1.54, 1.807) is 6.42 Å². The van der Waals surface area contributed by atoms with E-state index in [1.807, 2.05) is 5.57 Å². The Hall–Kier alpha value is -0.790. The van der Waals surface area contributed by atoms with Gasteiger partial charge in [0.25, 0.3) is 6.47 Å². The maximum Gasteiger partial charge on any atom is 0.290 e. The fourth-order valence-electron chi connectivity index (χ4n) is 6.75. The molecule has 0 amide bonds. The summed E-state index contributed by atoms with van der Waals surface area (Å²) in [6.45, 7) is 5.00. The van der Waals surface area contributed by atoms with Crippen LogP contribution in [0.25, 0.3) is 0 Å². The van der Waals surface area contributed by atoms with Crippen LogP contribution in [0, 0.1) is 28.6 Å². The smallest absolute Gasteiger partial charge is 0.290 e. The summed E-state index contributed by atoms with van der Waals surface area (Å²) in [7, 11) is 0. The fraction of sp³-hybridized carbons (Fsp3) is 0.850. The first kappa shape index (κ1) is 16.1. The summed E-state index contributed by atoms with van der Waals surface area (Å²) in [6, 6.07) is 0. The molecule has 0 bridgehead atoms. The van der Waals surface area contributed by atoms with Gasteiger partial charge in [0.05, 0.1) is 0 Å². The highest BCUT2D eigenvalue weighted by atomic mass is 16.3. The molecule has 0 saturated heterocycles. The van der Waals surface area contributed by atoms with Crippen LogP contribution in [-0.2, 0) is 4.79 Å². The molecule has 2 heteroatoms. The second-order valence-electron chi connectivity index (χ2n) is 8.64. The molecule has 0 radical (unpaired) electrons. The molecule has 3 fully saturated rings. The number of carbonyl (C=O) groups is 1. The van der Waals surface area contributed by atoms with Gasteiger partial charge in [-0.1, -0.05) is 31.9 Å². The van der Waals surface area contributed by atoms with Gasteiger partial charge in [0.2, 0.25) is 0 Å². The molecule has 2 nitrogen and oxygen atoms in total. The van der Waals surface area contributed by atoms with Crippen LogP contribution >= 0.6 is 0 Å². The van der Waals surface area contributed by atoms with Gasteiger partial charge in [-0.25, -0.2) is 0 Å². The first-order valence-electron chi connectivity index (χ1n) is 9.32. The molecule has 0 aromatic rings. The minimum Gasteiger partial charge on any atom is -0.483 e. The first-order valence-corrected chi connectivity index (χ1v) is 9.32. The molecule has 4 aliphatic carbocycles. The maximum atomic E-state index is 8.36. The van der Waals surface area contributed by atoms with Gasteiger partial charge in [-0.15, -0.1) is 0 Å². The predicted octanol–water partition coefficient (Wildman–Crippen LogP) is 5.43. The fourth-order valence-corrected chi connectivity index (χ4v) is 6.75. The molecular weight excluding hydrogens is 272 g/mol. The zero-order valence-corrected chi connectivity index (χ0v) is 14.3. The van der Waals surface area contributed by atoms with E-state index in [4.69, 9.17) is 9.90 Å². The zero-order valence-electron chi connectivity index (χ0n) is 14.3. The van der Waals surface area contributed by atoms with Crippen LogP contribution < -0.4 is 0 Å². The van der Waals surface area contributed by atoms with Gasteiger partial charge >= 0.3 is 0 Å². The SMILES string of the molecule is C[C@@]12CCC[C@H]1[C@@H]1CCC3=CCCC[C@]3(C)[C@H]1CC2.O=CO. The second kappa shape index (κ2) is 6.02. The van der Waals surface area contributed by atoms with Crippen LogP contribution in [-0.4, -0.2) is 11.6 Å². The van der Waals surface area contributed by atoms with Crippen LogP contribution in [0.3, 0.4) is 0 Å². The Balaban J connectivity index is 0.000000446. The average molecular weight is 304 g/mol. The summed E-state index contributed by atoms with van der Waals surface area (Å²) in [5.41, 5.74) is 3.19. The van der Waals surface area contributed by atoms with Crippen molar-refractivity contribution < 1.29 is 9.90 Å². The number of allylic oxidation sites excluding steroid dienone is 2. The Bertz CT molecular complexity index is 455. The number of rotatable bonds is 0. The largest absolute Gasteiger partial charge is 0.483 e. The van der Waals surface area contributed by atoms with Crippen molar-refractivity contribution in [2.45, 2.75) is 78.1 Å². The Kier molecular flexibility index (Phi) is 4.40. The highest BCUT2D eigenvalue weighted by Crippen LogP contribution is 2.65. The van der Waals surface area contributed by atoms with Gasteiger partial charge in [-0.2, -0.15) is 0 Å². The Morgan fingerprint density at radius 3 is 2.64 bits per heavy atom. The van der Waals surface area contributed by atoms with Crippen LogP contribution in [0.1, 0.15) is 78.1 Å². The van der Waals surface area contributed by atoms with Gasteiger partial charge < -0.3 is 5.11 Å². The van der Waals surface area contributed by atoms with E-state index in [0.717, 1.165) is 23.2 Å². The molecule has 4 rings (SSSR count). The third-order valence-corrected chi connectivity index (χ3v) is 7.81. The Morgan fingerprint density at radius 2 is 1.86 bits per heavy atom. The molecule has 0 heterocycles. The van der Waals surface area contributed by atoms with Crippen molar-refractivity contribution in [2.75, 3.05) is 0 Å². The van der Waals surface area contributed by atoms with E-state index in [0.29, 0.717) is 5.41 Å². The van der Waals surface area contributed by atoms with Crippen LogP contribution in [0.4, 0.5) is 0 Å². The van der Waals surface area contributed by atoms with Crippen molar-refractivity contribution in [3.63, 3.8) is 0 Å². The normalized spacial score (nSPS) is 46.3. The summed E-state index contributed by atoms with van der Waals surface area (Å²) >= 11 is 0. The predicted molar refractivity (Wildman–Crippen MR) is 89.6 cm³/mol. The standard InChI is InChI=1S/C19H30.CH2O2/c1-18-11-5-7-16(18)15-9-8-14-6-3-4-12-19(14,2)17(15)10-13-18;2-1-3/h6,15-17H,3-5,7-13H2,1-2H3;1H,(H,2,3)/t15-,16-,17-,18-,19-;/m0./s1. The molecule has 124 valence electrons. The average Bonchev–Trinajstić information content (AvgIpc) is 2.89. The molecule has 0 aromatic carbocycles. The van der Waals surface area contributed by atoms with Crippen molar-refractivity contribution in [3.8, 4) is 0 Å². The van der Waals surface area contributed by atoms with Gasteiger partial charge in [0.1, 0.15) is 0 Å². The lowest BCUT2D eigenvalue weighted by molar-refractivity contribution is -0.122. The topological polar surface area (TPSA) is 37.3 Å². The summed E-state index contributed by atoms with van der Waals surface area (Å²) in [6.07, 6.45) is 17.5. The van der Waals surface area contributed by atoms with Crippen molar-refractivity contribution in [1.82, 2.24) is 0 Å². The minimum absolute atomic E-state index is 0.250. The van der Waals surface area contributed by atoms with Gasteiger partial charge in [-0.3, -0.25) is 4.79 Å². The summed E-state index contributed by atoms with van der Waals surface area (Å²) in [5.74, 6) is 3.18. The zero-order chi connectivity index (χ0) is 15.8. The lowest BCUT2D eigenvalue weighted by atomic mass is 9.47. The number of fused-ring (bicyclic) bond motifs is 5. The Morgan fingerprint density at radius 1 is 1.09 bits per heavy atom. The molecule has 5 atom stereocenters. The van der Waals surface area contributed by atoms with Gasteiger partial charge in [0, 0.05) is 0 Å². The van der Waals surface area contributed by atoms with E-state index in [2.05, 4.69) is 19.9 Å². The summed E-state index contributed by atoms with van der Waals surface area (Å²) < 4.78 is 0. The molecule has 3 saturated carbocycles. The van der Waals surface area contributed by atoms with Gasteiger partial charge in [-0.05, 0) is 86.4 Å². The van der Waals surface area contributed by atoms with Crippen molar-refractivity contribution in [1.29, 1.82) is 0 Å². The molecular formula is C20H32O2. The van der Waals surface area contributed by atoms with Crippen LogP contribution in [0.2, 0.25) is 0 Å². The first-order chi connectivity index (χ1) is 10.5. The van der Waals surface area contributed by atoms with Crippen molar-refractivity contribution in [3.05, 3.63) is 11.6 Å². The van der Waals surface area contributed by atoms with E-state index in [9.17, 15) is 0 Å². The third-order valence-electron chi connectivity index (χ3n) is 7.81. The maximum absolute atomic E-state index is 8.36. The second-order valence-corrected chi connectivity index (χ2v) is 8.64. The molecule has 0 aliphatic heterocycles. The molecule has 0 aromatic heterocycles. The van der Waals surface area contributed by atoms with E-state index in [1.165, 1.54) is 57.8 Å².